The minimum absolute atomic E-state index is 0.0210. The highest BCUT2D eigenvalue weighted by atomic mass is 35.5. The zero-order chi connectivity index (χ0) is 26.1. The van der Waals surface area contributed by atoms with Gasteiger partial charge in [-0.2, -0.15) is 0 Å². The first-order chi connectivity index (χ1) is 18.6. The number of fused-ring (bicyclic) bond motifs is 1. The number of para-hydroxylation sites is 3. The molecule has 0 amide bonds. The predicted molar refractivity (Wildman–Crippen MR) is 154 cm³/mol. The molecule has 0 saturated carbocycles. The Morgan fingerprint density at radius 2 is 1.53 bits per heavy atom. The van der Waals surface area contributed by atoms with Gasteiger partial charge in [-0.1, -0.05) is 89.9 Å². The van der Waals surface area contributed by atoms with Crippen LogP contribution in [0.4, 0.5) is 11.4 Å². The third-order valence-electron chi connectivity index (χ3n) is 7.18. The fraction of sp³-hybridized carbons (Fsp3) is 0.156. The maximum Gasteiger partial charge on any atom is 0.163 e. The number of carbonyl (C=O) groups is 1. The van der Waals surface area contributed by atoms with Gasteiger partial charge in [0, 0.05) is 33.7 Å². The number of Topliss-reactive ketones (excluding diaryl/α,β-unsaturated/α-hetero) is 1. The van der Waals surface area contributed by atoms with Gasteiger partial charge < -0.3 is 15.4 Å². The van der Waals surface area contributed by atoms with Crippen LogP contribution in [-0.2, 0) is 11.4 Å². The number of hydrogen-bond donors (Lipinski definition) is 2. The lowest BCUT2D eigenvalue weighted by atomic mass is 9.78. The maximum absolute atomic E-state index is 13.9. The van der Waals surface area contributed by atoms with Crippen molar-refractivity contribution >= 4 is 40.4 Å². The molecule has 2 aliphatic rings. The molecule has 6 heteroatoms. The summed E-state index contributed by atoms with van der Waals surface area (Å²) >= 11 is 12.9. The van der Waals surface area contributed by atoms with Gasteiger partial charge in [0.2, 0.25) is 0 Å². The van der Waals surface area contributed by atoms with Gasteiger partial charge in [-0.05, 0) is 53.4 Å². The summed E-state index contributed by atoms with van der Waals surface area (Å²) in [5, 5.41) is 8.24. The highest BCUT2D eigenvalue weighted by Crippen LogP contribution is 2.46. The van der Waals surface area contributed by atoms with Crippen molar-refractivity contribution in [1.82, 2.24) is 0 Å². The van der Waals surface area contributed by atoms with Gasteiger partial charge in [0.15, 0.2) is 5.78 Å². The summed E-state index contributed by atoms with van der Waals surface area (Å²) in [6.45, 7) is 0.471. The number of hydrogen-bond acceptors (Lipinski definition) is 4. The summed E-state index contributed by atoms with van der Waals surface area (Å²) in [5.41, 5.74) is 6.41. The molecule has 2 N–H and O–H groups in total. The number of nitrogens with one attached hydrogen (secondary N) is 2. The van der Waals surface area contributed by atoms with Crippen molar-refractivity contribution in [2.45, 2.75) is 31.4 Å². The Kier molecular flexibility index (Phi) is 6.84. The van der Waals surface area contributed by atoms with Crippen molar-refractivity contribution in [3.63, 3.8) is 0 Å². The van der Waals surface area contributed by atoms with E-state index in [1.54, 1.807) is 6.07 Å². The Hall–Kier alpha value is -3.73. The number of ether oxygens (including phenoxy) is 1. The van der Waals surface area contributed by atoms with Gasteiger partial charge in [0.05, 0.1) is 17.4 Å². The number of carbonyl (C=O) groups excluding carboxylic acids is 1. The van der Waals surface area contributed by atoms with E-state index in [0.29, 0.717) is 35.1 Å². The Bertz CT molecular complexity index is 1530. The van der Waals surface area contributed by atoms with Gasteiger partial charge >= 0.3 is 0 Å². The monoisotopic (exact) mass is 540 g/mol. The number of anilines is 2. The van der Waals surface area contributed by atoms with Crippen LogP contribution in [0.2, 0.25) is 10.0 Å². The third kappa shape index (κ3) is 4.90. The zero-order valence-corrected chi connectivity index (χ0v) is 22.1. The lowest BCUT2D eigenvalue weighted by molar-refractivity contribution is -0.116. The number of rotatable bonds is 5. The second-order valence-electron chi connectivity index (χ2n) is 9.65. The molecule has 190 valence electrons. The lowest BCUT2D eigenvalue weighted by Gasteiger charge is -2.31. The second-order valence-corrected chi connectivity index (χ2v) is 10.5. The first-order valence-electron chi connectivity index (χ1n) is 12.7. The van der Waals surface area contributed by atoms with E-state index in [0.717, 1.165) is 39.5 Å². The first-order valence-corrected chi connectivity index (χ1v) is 13.4. The van der Waals surface area contributed by atoms with Crippen LogP contribution in [0.3, 0.4) is 0 Å². The Labute approximate surface area is 232 Å². The van der Waals surface area contributed by atoms with Crippen LogP contribution >= 0.6 is 23.2 Å². The minimum atomic E-state index is -0.399. The molecule has 4 aromatic rings. The first kappa shape index (κ1) is 24.6. The lowest BCUT2D eigenvalue weighted by Crippen LogP contribution is -2.27. The molecule has 0 bridgehead atoms. The molecular formula is C32H26Cl2N2O2. The van der Waals surface area contributed by atoms with E-state index in [-0.39, 0.29) is 11.7 Å². The smallest absolute Gasteiger partial charge is 0.163 e. The van der Waals surface area contributed by atoms with Crippen LogP contribution in [0.5, 0.6) is 5.75 Å². The largest absolute Gasteiger partial charge is 0.489 e. The van der Waals surface area contributed by atoms with Crippen molar-refractivity contribution in [1.29, 1.82) is 0 Å². The molecule has 1 heterocycles. The van der Waals surface area contributed by atoms with Crippen LogP contribution in [0, 0.1) is 0 Å². The van der Waals surface area contributed by atoms with Crippen LogP contribution in [0.25, 0.3) is 0 Å². The van der Waals surface area contributed by atoms with Crippen molar-refractivity contribution < 1.29 is 9.53 Å². The van der Waals surface area contributed by atoms with Crippen LogP contribution in [0.15, 0.2) is 108 Å². The van der Waals surface area contributed by atoms with Gasteiger partial charge in [-0.25, -0.2) is 0 Å². The second kappa shape index (κ2) is 10.6. The van der Waals surface area contributed by atoms with Gasteiger partial charge in [-0.15, -0.1) is 0 Å². The molecule has 4 nitrogen and oxygen atoms in total. The molecule has 1 aliphatic heterocycles. The Morgan fingerprint density at radius 3 is 2.34 bits per heavy atom. The molecule has 6 rings (SSSR count). The van der Waals surface area contributed by atoms with E-state index in [1.165, 1.54) is 0 Å². The highest BCUT2D eigenvalue weighted by molar-refractivity contribution is 6.35. The van der Waals surface area contributed by atoms with E-state index < -0.39 is 6.04 Å². The van der Waals surface area contributed by atoms with E-state index in [2.05, 4.69) is 16.7 Å². The van der Waals surface area contributed by atoms with Crippen LogP contribution in [0.1, 0.15) is 41.5 Å². The van der Waals surface area contributed by atoms with Gasteiger partial charge in [0.25, 0.3) is 0 Å². The molecular weight excluding hydrogens is 515 g/mol. The standard InChI is InChI=1S/C32H26Cl2N2O2/c33-22-14-15-24(25(34)18-22)32-31-28(35-26-11-5-6-12-27(26)36-32)16-21(17-29(31)37)23-10-4-7-13-30(23)38-19-20-8-2-1-3-9-20/h1-15,18,21,32,35-36H,16-17,19H2. The van der Waals surface area contributed by atoms with Crippen molar-refractivity contribution in [2.75, 3.05) is 10.6 Å². The predicted octanol–water partition coefficient (Wildman–Crippen LogP) is 8.55. The Balaban J connectivity index is 1.37. The summed E-state index contributed by atoms with van der Waals surface area (Å²) in [4.78, 5) is 13.9. The van der Waals surface area contributed by atoms with Gasteiger partial charge in [0.1, 0.15) is 12.4 Å². The zero-order valence-electron chi connectivity index (χ0n) is 20.6. The molecule has 0 fully saturated rings. The quantitative estimate of drug-likeness (QED) is 0.266. The molecule has 0 saturated heterocycles. The summed E-state index contributed by atoms with van der Waals surface area (Å²) < 4.78 is 6.26. The van der Waals surface area contributed by atoms with Crippen molar-refractivity contribution in [2.24, 2.45) is 0 Å². The highest BCUT2D eigenvalue weighted by Gasteiger charge is 2.37. The number of allylic oxidation sites excluding steroid dienone is 1. The van der Waals surface area contributed by atoms with Crippen LogP contribution < -0.4 is 15.4 Å². The number of benzene rings is 4. The van der Waals surface area contributed by atoms with E-state index >= 15 is 0 Å². The Morgan fingerprint density at radius 1 is 0.789 bits per heavy atom. The maximum atomic E-state index is 13.9. The molecule has 0 aromatic heterocycles. The topological polar surface area (TPSA) is 50.4 Å². The summed E-state index contributed by atoms with van der Waals surface area (Å²) in [5.74, 6) is 0.868. The molecule has 0 spiro atoms. The third-order valence-corrected chi connectivity index (χ3v) is 7.74. The van der Waals surface area contributed by atoms with E-state index in [4.69, 9.17) is 27.9 Å². The summed E-state index contributed by atoms with van der Waals surface area (Å²) in [6.07, 6.45) is 1.05. The fourth-order valence-corrected chi connectivity index (χ4v) is 5.88. The number of ketones is 1. The van der Waals surface area contributed by atoms with Crippen LogP contribution in [-0.4, -0.2) is 5.78 Å². The molecule has 2 atom stereocenters. The van der Waals surface area contributed by atoms with Gasteiger partial charge in [-0.3, -0.25) is 4.79 Å². The molecule has 4 aromatic carbocycles. The average Bonchev–Trinajstić information content (AvgIpc) is 3.09. The molecule has 0 radical (unpaired) electrons. The van der Waals surface area contributed by atoms with Crippen molar-refractivity contribution in [3.8, 4) is 5.75 Å². The average molecular weight is 541 g/mol. The fourth-order valence-electron chi connectivity index (χ4n) is 5.37. The number of halogens is 2. The van der Waals surface area contributed by atoms with E-state index in [9.17, 15) is 4.79 Å². The van der Waals surface area contributed by atoms with Crippen molar-refractivity contribution in [3.05, 3.63) is 135 Å². The molecule has 38 heavy (non-hydrogen) atoms. The minimum Gasteiger partial charge on any atom is -0.489 e. The normalized spacial score (nSPS) is 18.5. The SMILES string of the molecule is O=C1CC(c2ccccc2OCc2ccccc2)CC2=C1C(c1ccc(Cl)cc1Cl)Nc1ccccc1N2. The molecule has 1 aliphatic carbocycles. The summed E-state index contributed by atoms with van der Waals surface area (Å²) in [7, 11) is 0. The van der Waals surface area contributed by atoms with E-state index in [1.807, 2.05) is 84.9 Å². The molecule has 2 unspecified atom stereocenters. The summed E-state index contributed by atoms with van der Waals surface area (Å²) in [6, 6.07) is 31.2.